The van der Waals surface area contributed by atoms with Crippen molar-refractivity contribution in [3.63, 3.8) is 0 Å². The topological polar surface area (TPSA) is 21.3 Å². The second kappa shape index (κ2) is 6.26. The standard InChI is InChI=1S/C11H13BrF3NO/c1-8(6-16-7-11(13,14)15)17-10-5-3-2-4-9(10)12/h2-5,8,16H,6-7H2,1H3. The Morgan fingerprint density at radius 1 is 1.35 bits per heavy atom. The highest BCUT2D eigenvalue weighted by molar-refractivity contribution is 9.10. The molecule has 1 aromatic rings. The first-order chi connectivity index (χ1) is 7.88. The minimum absolute atomic E-state index is 0.140. The first-order valence-corrected chi connectivity index (χ1v) is 5.86. The Labute approximate surface area is 106 Å². The maximum absolute atomic E-state index is 11.9. The summed E-state index contributed by atoms with van der Waals surface area (Å²) in [5, 5.41) is 2.30. The molecule has 1 atom stereocenters. The highest BCUT2D eigenvalue weighted by Crippen LogP contribution is 2.24. The van der Waals surface area contributed by atoms with Gasteiger partial charge in [0.1, 0.15) is 11.9 Å². The van der Waals surface area contributed by atoms with Crippen LogP contribution in [0.25, 0.3) is 0 Å². The number of para-hydroxylation sites is 1. The molecular formula is C11H13BrF3NO. The third kappa shape index (κ3) is 5.93. The molecule has 1 unspecified atom stereocenters. The first-order valence-electron chi connectivity index (χ1n) is 5.07. The number of hydrogen-bond donors (Lipinski definition) is 1. The van der Waals surface area contributed by atoms with Crippen LogP contribution >= 0.6 is 15.9 Å². The summed E-state index contributed by atoms with van der Waals surface area (Å²) >= 11 is 3.30. The lowest BCUT2D eigenvalue weighted by Gasteiger charge is -2.17. The number of rotatable bonds is 5. The van der Waals surface area contributed by atoms with Crippen LogP contribution in [-0.2, 0) is 0 Å². The van der Waals surface area contributed by atoms with E-state index >= 15 is 0 Å². The Morgan fingerprint density at radius 2 is 2.00 bits per heavy atom. The molecule has 96 valence electrons. The summed E-state index contributed by atoms with van der Waals surface area (Å²) < 4.78 is 41.9. The molecule has 2 nitrogen and oxygen atoms in total. The lowest BCUT2D eigenvalue weighted by Crippen LogP contribution is -2.35. The van der Waals surface area contributed by atoms with Crippen LogP contribution in [0.1, 0.15) is 6.92 Å². The maximum Gasteiger partial charge on any atom is 0.401 e. The quantitative estimate of drug-likeness (QED) is 0.900. The fourth-order valence-electron chi connectivity index (χ4n) is 1.22. The maximum atomic E-state index is 11.9. The predicted octanol–water partition coefficient (Wildman–Crippen LogP) is 3.37. The van der Waals surface area contributed by atoms with E-state index in [9.17, 15) is 13.2 Å². The summed E-state index contributed by atoms with van der Waals surface area (Å²) in [4.78, 5) is 0. The number of halogens is 4. The Morgan fingerprint density at radius 3 is 2.59 bits per heavy atom. The molecule has 0 heterocycles. The van der Waals surface area contributed by atoms with E-state index in [4.69, 9.17) is 4.74 Å². The van der Waals surface area contributed by atoms with E-state index in [1.807, 2.05) is 12.1 Å². The average Bonchev–Trinajstić information content (AvgIpc) is 2.19. The largest absolute Gasteiger partial charge is 0.488 e. The van der Waals surface area contributed by atoms with Crippen LogP contribution in [0.3, 0.4) is 0 Å². The van der Waals surface area contributed by atoms with Gasteiger partial charge in [-0.1, -0.05) is 12.1 Å². The molecule has 0 amide bonds. The molecule has 0 spiro atoms. The van der Waals surface area contributed by atoms with Crippen LogP contribution in [0.2, 0.25) is 0 Å². The van der Waals surface area contributed by atoms with Gasteiger partial charge >= 0.3 is 6.18 Å². The Bertz CT molecular complexity index is 357. The second-order valence-electron chi connectivity index (χ2n) is 3.60. The van der Waals surface area contributed by atoms with Gasteiger partial charge in [-0.05, 0) is 35.0 Å². The van der Waals surface area contributed by atoms with Gasteiger partial charge in [-0.25, -0.2) is 0 Å². The zero-order chi connectivity index (χ0) is 12.9. The molecule has 0 aliphatic carbocycles. The van der Waals surface area contributed by atoms with Crippen LogP contribution in [0.5, 0.6) is 5.75 Å². The van der Waals surface area contributed by atoms with Crippen molar-refractivity contribution in [3.05, 3.63) is 28.7 Å². The van der Waals surface area contributed by atoms with Crippen molar-refractivity contribution in [2.75, 3.05) is 13.1 Å². The van der Waals surface area contributed by atoms with E-state index in [2.05, 4.69) is 21.2 Å². The normalized spacial score (nSPS) is 13.5. The molecule has 1 rings (SSSR count). The summed E-state index contributed by atoms with van der Waals surface area (Å²) in [6, 6.07) is 7.20. The smallest absolute Gasteiger partial charge is 0.401 e. The zero-order valence-corrected chi connectivity index (χ0v) is 10.8. The number of hydrogen-bond acceptors (Lipinski definition) is 2. The molecule has 0 aliphatic heterocycles. The van der Waals surface area contributed by atoms with E-state index in [1.165, 1.54) is 0 Å². The van der Waals surface area contributed by atoms with Crippen molar-refractivity contribution in [1.29, 1.82) is 0 Å². The minimum atomic E-state index is -4.19. The Hall–Kier alpha value is -0.750. The highest BCUT2D eigenvalue weighted by Gasteiger charge is 2.26. The summed E-state index contributed by atoms with van der Waals surface area (Å²) in [7, 11) is 0. The van der Waals surface area contributed by atoms with E-state index in [-0.39, 0.29) is 12.6 Å². The van der Waals surface area contributed by atoms with Crippen molar-refractivity contribution >= 4 is 15.9 Å². The summed E-state index contributed by atoms with van der Waals surface area (Å²) in [5.41, 5.74) is 0. The van der Waals surface area contributed by atoms with Crippen molar-refractivity contribution in [2.45, 2.75) is 19.2 Å². The predicted molar refractivity (Wildman–Crippen MR) is 63.2 cm³/mol. The number of benzene rings is 1. The monoisotopic (exact) mass is 311 g/mol. The van der Waals surface area contributed by atoms with Crippen molar-refractivity contribution in [3.8, 4) is 5.75 Å². The van der Waals surface area contributed by atoms with Gasteiger partial charge in [0.2, 0.25) is 0 Å². The van der Waals surface area contributed by atoms with Crippen LogP contribution in [0.4, 0.5) is 13.2 Å². The molecule has 1 N–H and O–H groups in total. The lowest BCUT2D eigenvalue weighted by molar-refractivity contribution is -0.125. The van der Waals surface area contributed by atoms with E-state index in [0.29, 0.717) is 5.75 Å². The minimum Gasteiger partial charge on any atom is -0.488 e. The van der Waals surface area contributed by atoms with Gasteiger partial charge in [-0.2, -0.15) is 13.2 Å². The number of nitrogens with one attached hydrogen (secondary N) is 1. The van der Waals surface area contributed by atoms with Gasteiger partial charge in [-0.3, -0.25) is 0 Å². The Balaban J connectivity index is 2.35. The van der Waals surface area contributed by atoms with Gasteiger partial charge in [-0.15, -0.1) is 0 Å². The molecule has 0 fully saturated rings. The van der Waals surface area contributed by atoms with Crippen LogP contribution in [-0.4, -0.2) is 25.4 Å². The third-order valence-corrected chi connectivity index (χ3v) is 2.58. The molecule has 0 bridgehead atoms. The van der Waals surface area contributed by atoms with Crippen molar-refractivity contribution in [2.24, 2.45) is 0 Å². The van der Waals surface area contributed by atoms with Gasteiger partial charge in [0.15, 0.2) is 0 Å². The molecule has 0 saturated heterocycles. The number of ether oxygens (including phenoxy) is 1. The van der Waals surface area contributed by atoms with Gasteiger partial charge in [0.05, 0.1) is 11.0 Å². The highest BCUT2D eigenvalue weighted by atomic mass is 79.9. The molecule has 1 aromatic carbocycles. The van der Waals surface area contributed by atoms with Crippen LogP contribution in [0.15, 0.2) is 28.7 Å². The molecule has 0 radical (unpaired) electrons. The zero-order valence-electron chi connectivity index (χ0n) is 9.22. The lowest BCUT2D eigenvalue weighted by atomic mass is 10.3. The molecule has 0 aliphatic rings. The summed E-state index contributed by atoms with van der Waals surface area (Å²) in [6.45, 7) is 0.848. The summed E-state index contributed by atoms with van der Waals surface area (Å²) in [6.07, 6.45) is -4.52. The van der Waals surface area contributed by atoms with E-state index < -0.39 is 12.7 Å². The van der Waals surface area contributed by atoms with Crippen molar-refractivity contribution in [1.82, 2.24) is 5.32 Å². The van der Waals surface area contributed by atoms with Gasteiger partial charge in [0.25, 0.3) is 0 Å². The fourth-order valence-corrected chi connectivity index (χ4v) is 1.59. The summed E-state index contributed by atoms with van der Waals surface area (Å²) in [5.74, 6) is 0.619. The molecule has 17 heavy (non-hydrogen) atoms. The first kappa shape index (κ1) is 14.3. The number of alkyl halides is 3. The van der Waals surface area contributed by atoms with E-state index in [1.54, 1.807) is 19.1 Å². The fraction of sp³-hybridized carbons (Fsp3) is 0.455. The molecular weight excluding hydrogens is 299 g/mol. The second-order valence-corrected chi connectivity index (χ2v) is 4.46. The van der Waals surface area contributed by atoms with Gasteiger partial charge < -0.3 is 10.1 Å². The molecule has 0 saturated carbocycles. The third-order valence-electron chi connectivity index (χ3n) is 1.92. The Kier molecular flexibility index (Phi) is 5.27. The molecule has 0 aromatic heterocycles. The van der Waals surface area contributed by atoms with Gasteiger partial charge in [0, 0.05) is 6.54 Å². The SMILES string of the molecule is CC(CNCC(F)(F)F)Oc1ccccc1Br. The van der Waals surface area contributed by atoms with E-state index in [0.717, 1.165) is 4.47 Å². The van der Waals surface area contributed by atoms with Crippen LogP contribution < -0.4 is 10.1 Å². The average molecular weight is 312 g/mol. The van der Waals surface area contributed by atoms with Crippen molar-refractivity contribution < 1.29 is 17.9 Å². The molecule has 6 heteroatoms. The van der Waals surface area contributed by atoms with Crippen LogP contribution in [0, 0.1) is 0 Å².